The van der Waals surface area contributed by atoms with Gasteiger partial charge in [-0.3, -0.25) is 4.79 Å². The van der Waals surface area contributed by atoms with Crippen molar-refractivity contribution in [1.29, 1.82) is 0 Å². The molecule has 0 aliphatic rings. The summed E-state index contributed by atoms with van der Waals surface area (Å²) in [5.41, 5.74) is 1.56. The molecule has 0 unspecified atom stereocenters. The molecule has 0 saturated carbocycles. The monoisotopic (exact) mass is 231 g/mol. The molecule has 0 radical (unpaired) electrons. The highest BCUT2D eigenvalue weighted by molar-refractivity contribution is 6.02. The molecule has 0 atom stereocenters. The van der Waals surface area contributed by atoms with Crippen LogP contribution in [0.15, 0.2) is 29.1 Å². The van der Waals surface area contributed by atoms with Crippen LogP contribution in [-0.4, -0.2) is 17.6 Å². The molecule has 0 saturated heterocycles. The molecule has 0 spiro atoms. The fraction of sp³-hybridized carbons (Fsp3) is 0.231. The number of benzene rings is 1. The summed E-state index contributed by atoms with van der Waals surface area (Å²) in [6, 6.07) is 6.53. The maximum atomic E-state index is 11.8. The summed E-state index contributed by atoms with van der Waals surface area (Å²) < 4.78 is 4.95. The molecule has 0 aliphatic heterocycles. The van der Waals surface area contributed by atoms with Gasteiger partial charge in [0.15, 0.2) is 5.43 Å². The molecule has 0 fully saturated rings. The van der Waals surface area contributed by atoms with Crippen LogP contribution in [0, 0.1) is 6.92 Å². The minimum absolute atomic E-state index is 0.0950. The van der Waals surface area contributed by atoms with Crippen LogP contribution < -0.4 is 5.43 Å². The molecular weight excluding hydrogens is 218 g/mol. The van der Waals surface area contributed by atoms with Gasteiger partial charge >= 0.3 is 5.97 Å². The van der Waals surface area contributed by atoms with E-state index >= 15 is 0 Å². The third-order valence-electron chi connectivity index (χ3n) is 2.50. The number of carbonyl (C=O) groups excluding carboxylic acids is 1. The Bertz CT molecular complexity index is 628. The topological polar surface area (TPSA) is 59.2 Å². The average Bonchev–Trinajstić information content (AvgIpc) is 2.28. The first-order valence-corrected chi connectivity index (χ1v) is 5.43. The van der Waals surface area contributed by atoms with Crippen LogP contribution >= 0.6 is 0 Å². The van der Waals surface area contributed by atoms with E-state index in [9.17, 15) is 9.59 Å². The Morgan fingerprint density at radius 1 is 1.41 bits per heavy atom. The third kappa shape index (κ3) is 2.06. The summed E-state index contributed by atoms with van der Waals surface area (Å²) in [5.74, 6) is -0.417. The van der Waals surface area contributed by atoms with Crippen LogP contribution in [0.5, 0.6) is 0 Å². The number of para-hydroxylation sites is 1. The summed E-state index contributed by atoms with van der Waals surface area (Å²) in [5, 5.41) is 0.501. The first-order chi connectivity index (χ1) is 8.13. The van der Waals surface area contributed by atoms with Crippen LogP contribution in [0.25, 0.3) is 10.9 Å². The van der Waals surface area contributed by atoms with Gasteiger partial charge in [-0.25, -0.2) is 4.79 Å². The third-order valence-corrected chi connectivity index (χ3v) is 2.50. The minimum Gasteiger partial charge on any atom is -0.462 e. The largest absolute Gasteiger partial charge is 0.462 e. The minimum atomic E-state index is -0.417. The van der Waals surface area contributed by atoms with Crippen molar-refractivity contribution in [3.05, 3.63) is 45.7 Å². The molecular formula is C13H13NO3. The molecule has 2 aromatic rings. The van der Waals surface area contributed by atoms with Gasteiger partial charge < -0.3 is 9.72 Å². The van der Waals surface area contributed by atoms with Gasteiger partial charge in [0.1, 0.15) is 0 Å². The van der Waals surface area contributed by atoms with E-state index in [0.717, 1.165) is 5.69 Å². The molecule has 4 heteroatoms. The maximum Gasteiger partial charge on any atom is 0.340 e. The van der Waals surface area contributed by atoms with Crippen molar-refractivity contribution in [2.45, 2.75) is 13.8 Å². The second-order valence-electron chi connectivity index (χ2n) is 3.77. The van der Waals surface area contributed by atoms with Gasteiger partial charge in [-0.15, -0.1) is 0 Å². The fourth-order valence-corrected chi connectivity index (χ4v) is 1.78. The first-order valence-electron chi connectivity index (χ1n) is 5.43. The fourth-order valence-electron chi connectivity index (χ4n) is 1.78. The Labute approximate surface area is 98.2 Å². The number of hydrogen-bond donors (Lipinski definition) is 1. The van der Waals surface area contributed by atoms with Crippen LogP contribution in [0.2, 0.25) is 0 Å². The van der Waals surface area contributed by atoms with Gasteiger partial charge in [0.25, 0.3) is 0 Å². The molecule has 0 amide bonds. The van der Waals surface area contributed by atoms with E-state index in [1.165, 1.54) is 6.07 Å². The lowest BCUT2D eigenvalue weighted by atomic mass is 10.1. The van der Waals surface area contributed by atoms with Crippen molar-refractivity contribution in [1.82, 2.24) is 4.98 Å². The molecule has 0 bridgehead atoms. The number of esters is 1. The zero-order valence-electron chi connectivity index (χ0n) is 9.74. The van der Waals surface area contributed by atoms with Crippen molar-refractivity contribution in [2.75, 3.05) is 6.61 Å². The number of pyridine rings is 1. The summed E-state index contributed by atoms with van der Waals surface area (Å²) in [7, 11) is 0. The van der Waals surface area contributed by atoms with E-state index in [1.807, 2.05) is 0 Å². The lowest BCUT2D eigenvalue weighted by Gasteiger charge is -2.06. The van der Waals surface area contributed by atoms with Crippen molar-refractivity contribution >= 4 is 16.9 Å². The van der Waals surface area contributed by atoms with E-state index in [1.54, 1.807) is 32.0 Å². The smallest absolute Gasteiger partial charge is 0.340 e. The number of fused-ring (bicyclic) bond motifs is 1. The molecule has 4 nitrogen and oxygen atoms in total. The Hall–Kier alpha value is -2.10. The quantitative estimate of drug-likeness (QED) is 0.804. The van der Waals surface area contributed by atoms with Gasteiger partial charge in [0.2, 0.25) is 0 Å². The van der Waals surface area contributed by atoms with Crippen LogP contribution in [0.3, 0.4) is 0 Å². The Morgan fingerprint density at radius 2 is 2.18 bits per heavy atom. The van der Waals surface area contributed by atoms with Crippen molar-refractivity contribution in [3.8, 4) is 0 Å². The molecule has 1 aromatic carbocycles. The molecule has 1 N–H and O–H groups in total. The first kappa shape index (κ1) is 11.4. The zero-order valence-corrected chi connectivity index (χ0v) is 9.74. The van der Waals surface area contributed by atoms with Gasteiger partial charge in [-0.1, -0.05) is 6.07 Å². The van der Waals surface area contributed by atoms with Crippen molar-refractivity contribution in [2.24, 2.45) is 0 Å². The molecule has 17 heavy (non-hydrogen) atoms. The second-order valence-corrected chi connectivity index (χ2v) is 3.77. The summed E-state index contributed by atoms with van der Waals surface area (Å²) in [4.78, 5) is 26.5. The predicted octanol–water partition coefficient (Wildman–Crippen LogP) is 2.01. The van der Waals surface area contributed by atoms with Crippen LogP contribution in [0.1, 0.15) is 23.0 Å². The highest BCUT2D eigenvalue weighted by Gasteiger charge is 2.12. The molecule has 1 heterocycles. The van der Waals surface area contributed by atoms with Crippen molar-refractivity contribution < 1.29 is 9.53 Å². The van der Waals surface area contributed by atoms with E-state index in [2.05, 4.69) is 4.98 Å². The van der Waals surface area contributed by atoms with Crippen LogP contribution in [0.4, 0.5) is 0 Å². The summed E-state index contributed by atoms with van der Waals surface area (Å²) in [6.07, 6.45) is 0. The normalized spacial score (nSPS) is 10.5. The predicted molar refractivity (Wildman–Crippen MR) is 65.3 cm³/mol. The van der Waals surface area contributed by atoms with E-state index in [0.29, 0.717) is 23.1 Å². The summed E-state index contributed by atoms with van der Waals surface area (Å²) in [6.45, 7) is 3.84. The zero-order chi connectivity index (χ0) is 12.4. The van der Waals surface area contributed by atoms with Gasteiger partial charge in [-0.05, 0) is 26.0 Å². The highest BCUT2D eigenvalue weighted by atomic mass is 16.5. The number of hydrogen-bond acceptors (Lipinski definition) is 3. The number of rotatable bonds is 2. The molecule has 2 rings (SSSR count). The number of nitrogens with one attached hydrogen (secondary N) is 1. The number of aromatic amines is 1. The number of carbonyl (C=O) groups is 1. The molecule has 0 aliphatic carbocycles. The number of aryl methyl sites for hydroxylation is 1. The number of aromatic nitrogens is 1. The van der Waals surface area contributed by atoms with Gasteiger partial charge in [-0.2, -0.15) is 0 Å². The highest BCUT2D eigenvalue weighted by Crippen LogP contribution is 2.15. The molecule has 88 valence electrons. The second kappa shape index (κ2) is 4.41. The summed E-state index contributed by atoms with van der Waals surface area (Å²) >= 11 is 0. The lowest BCUT2D eigenvalue weighted by molar-refractivity contribution is 0.0528. The lowest BCUT2D eigenvalue weighted by Crippen LogP contribution is -2.10. The van der Waals surface area contributed by atoms with E-state index < -0.39 is 5.97 Å². The van der Waals surface area contributed by atoms with Gasteiger partial charge in [0.05, 0.1) is 17.7 Å². The molecule has 1 aromatic heterocycles. The Balaban J connectivity index is 2.73. The number of ether oxygens (including phenoxy) is 1. The van der Waals surface area contributed by atoms with Crippen LogP contribution in [-0.2, 0) is 4.74 Å². The number of H-pyrrole nitrogens is 1. The Morgan fingerprint density at radius 3 is 2.88 bits per heavy atom. The van der Waals surface area contributed by atoms with Gasteiger partial charge in [0, 0.05) is 17.1 Å². The average molecular weight is 231 g/mol. The van der Waals surface area contributed by atoms with Crippen molar-refractivity contribution in [3.63, 3.8) is 0 Å². The standard InChI is InChI=1S/C13H13NO3/c1-3-17-13(16)10-6-4-5-9-11(15)7-8(2)14-12(9)10/h4-7H,3H2,1-2H3,(H,14,15). The van der Waals surface area contributed by atoms with E-state index in [-0.39, 0.29) is 5.43 Å². The maximum absolute atomic E-state index is 11.8. The van der Waals surface area contributed by atoms with E-state index in [4.69, 9.17) is 4.74 Å². The Kier molecular flexibility index (Phi) is 2.95. The SMILES string of the molecule is CCOC(=O)c1cccc2c(=O)cc(C)[nH]c12.